The molecule has 0 amide bonds. The molecule has 0 bridgehead atoms. The molecule has 1 fully saturated rings. The van der Waals surface area contributed by atoms with Crippen LogP contribution in [0.25, 0.3) is 0 Å². The molecule has 1 saturated heterocycles. The molecule has 1 aliphatic heterocycles. The van der Waals surface area contributed by atoms with Gasteiger partial charge in [0.2, 0.25) is 0 Å². The van der Waals surface area contributed by atoms with E-state index in [0.717, 1.165) is 19.6 Å². The summed E-state index contributed by atoms with van der Waals surface area (Å²) in [5.74, 6) is 0. The zero-order valence-corrected chi connectivity index (χ0v) is 9.79. The van der Waals surface area contributed by atoms with Crippen molar-refractivity contribution in [3.8, 4) is 0 Å². The van der Waals surface area contributed by atoms with E-state index in [1.54, 1.807) is 7.11 Å². The molecule has 2 heteroatoms. The van der Waals surface area contributed by atoms with Gasteiger partial charge in [0.15, 0.2) is 0 Å². The number of ether oxygens (including phenoxy) is 1. The van der Waals surface area contributed by atoms with Crippen molar-refractivity contribution >= 4 is 5.69 Å². The van der Waals surface area contributed by atoms with Crippen LogP contribution < -0.4 is 4.90 Å². The Bertz CT molecular complexity index is 348. The Kier molecular flexibility index (Phi) is 2.96. The third-order valence-electron chi connectivity index (χ3n) is 3.06. The minimum atomic E-state index is 0.599. The normalized spacial score (nSPS) is 19.4. The number of nitrogens with zero attached hydrogens (tertiary/aromatic N) is 1. The second kappa shape index (κ2) is 4.23. The van der Waals surface area contributed by atoms with E-state index in [0.29, 0.717) is 6.04 Å². The monoisotopic (exact) mass is 205 g/mol. The molecule has 1 aliphatic rings. The number of hydrogen-bond donors (Lipinski definition) is 0. The van der Waals surface area contributed by atoms with Crippen molar-refractivity contribution in [3.63, 3.8) is 0 Å². The van der Waals surface area contributed by atoms with Crippen LogP contribution in [0, 0.1) is 6.92 Å². The topological polar surface area (TPSA) is 12.2 Å². The maximum atomic E-state index is 5.19. The highest BCUT2D eigenvalue weighted by atomic mass is 16.5. The number of anilines is 1. The largest absolute Gasteiger partial charge is 0.382 e. The number of benzene rings is 1. The molecule has 1 aromatic rings. The van der Waals surface area contributed by atoms with Crippen molar-refractivity contribution in [3.05, 3.63) is 29.3 Å². The lowest BCUT2D eigenvalue weighted by atomic mass is 10.1. The summed E-state index contributed by atoms with van der Waals surface area (Å²) in [5.41, 5.74) is 4.27. The van der Waals surface area contributed by atoms with E-state index >= 15 is 0 Å². The van der Waals surface area contributed by atoms with Crippen molar-refractivity contribution in [2.45, 2.75) is 26.3 Å². The van der Waals surface area contributed by atoms with Crippen LogP contribution in [0.4, 0.5) is 5.69 Å². The summed E-state index contributed by atoms with van der Waals surface area (Å²) in [7, 11) is 1.77. The van der Waals surface area contributed by atoms with Crippen LogP contribution in [0.2, 0.25) is 0 Å². The molecule has 1 aromatic carbocycles. The zero-order chi connectivity index (χ0) is 10.8. The number of para-hydroxylation sites is 1. The maximum absolute atomic E-state index is 5.19. The lowest BCUT2D eigenvalue weighted by Gasteiger charge is -2.14. The molecule has 2 nitrogen and oxygen atoms in total. The standard InChI is InChI=1S/C13H19NO/c1-4-11-7-5-6-10(2)13(11)14-8-12(14)9-15-3/h5-7,12H,4,8-9H2,1-3H3. The highest BCUT2D eigenvalue weighted by molar-refractivity contribution is 5.64. The molecule has 0 N–H and O–H groups in total. The first-order valence-electron chi connectivity index (χ1n) is 5.62. The third kappa shape index (κ3) is 2.00. The third-order valence-corrected chi connectivity index (χ3v) is 3.06. The van der Waals surface area contributed by atoms with Crippen LogP contribution in [0.15, 0.2) is 18.2 Å². The van der Waals surface area contributed by atoms with Gasteiger partial charge in [-0.3, -0.25) is 0 Å². The second-order valence-corrected chi connectivity index (χ2v) is 4.20. The van der Waals surface area contributed by atoms with Crippen LogP contribution >= 0.6 is 0 Å². The molecule has 0 saturated carbocycles. The molecule has 0 spiro atoms. The highest BCUT2D eigenvalue weighted by Gasteiger charge is 2.35. The van der Waals surface area contributed by atoms with E-state index < -0.39 is 0 Å². The quantitative estimate of drug-likeness (QED) is 0.700. The van der Waals surface area contributed by atoms with Crippen LogP contribution in [0.1, 0.15) is 18.1 Å². The molecule has 82 valence electrons. The zero-order valence-electron chi connectivity index (χ0n) is 9.79. The summed E-state index contributed by atoms with van der Waals surface area (Å²) in [4.78, 5) is 2.44. The summed E-state index contributed by atoms with van der Waals surface area (Å²) >= 11 is 0. The first-order chi connectivity index (χ1) is 7.27. The Morgan fingerprint density at radius 2 is 2.27 bits per heavy atom. The van der Waals surface area contributed by atoms with Gasteiger partial charge in [-0.05, 0) is 24.5 Å². The number of rotatable bonds is 4. The smallest absolute Gasteiger partial charge is 0.0699 e. The van der Waals surface area contributed by atoms with Gasteiger partial charge >= 0.3 is 0 Å². The molecular weight excluding hydrogens is 186 g/mol. The SMILES string of the molecule is CCc1cccc(C)c1N1CC1COC. The van der Waals surface area contributed by atoms with Gasteiger partial charge in [0, 0.05) is 19.3 Å². The van der Waals surface area contributed by atoms with Crippen molar-refractivity contribution in [2.75, 3.05) is 25.2 Å². The van der Waals surface area contributed by atoms with Crippen molar-refractivity contribution in [2.24, 2.45) is 0 Å². The van der Waals surface area contributed by atoms with Gasteiger partial charge in [0.25, 0.3) is 0 Å². The van der Waals surface area contributed by atoms with Crippen molar-refractivity contribution in [1.29, 1.82) is 0 Å². The minimum Gasteiger partial charge on any atom is -0.382 e. The molecule has 2 rings (SSSR count). The van der Waals surface area contributed by atoms with Gasteiger partial charge in [0.1, 0.15) is 0 Å². The number of methoxy groups -OCH3 is 1. The molecule has 0 aromatic heterocycles. The lowest BCUT2D eigenvalue weighted by molar-refractivity contribution is 0.202. The Morgan fingerprint density at radius 1 is 1.47 bits per heavy atom. The Balaban J connectivity index is 2.21. The van der Waals surface area contributed by atoms with Crippen LogP contribution in [0.5, 0.6) is 0 Å². The fourth-order valence-electron chi connectivity index (χ4n) is 2.20. The first kappa shape index (κ1) is 10.5. The lowest BCUT2D eigenvalue weighted by Crippen LogP contribution is -2.08. The van der Waals surface area contributed by atoms with E-state index in [4.69, 9.17) is 4.74 Å². The molecule has 1 heterocycles. The van der Waals surface area contributed by atoms with E-state index in [2.05, 4.69) is 36.9 Å². The minimum absolute atomic E-state index is 0.599. The van der Waals surface area contributed by atoms with Gasteiger partial charge < -0.3 is 9.64 Å². The molecule has 1 unspecified atom stereocenters. The van der Waals surface area contributed by atoms with E-state index in [9.17, 15) is 0 Å². The molecule has 0 aliphatic carbocycles. The average Bonchev–Trinajstić information content (AvgIpc) is 2.97. The van der Waals surface area contributed by atoms with E-state index in [1.807, 2.05) is 0 Å². The van der Waals surface area contributed by atoms with Gasteiger partial charge in [-0.1, -0.05) is 25.1 Å². The van der Waals surface area contributed by atoms with Gasteiger partial charge in [-0.15, -0.1) is 0 Å². The van der Waals surface area contributed by atoms with Crippen molar-refractivity contribution in [1.82, 2.24) is 0 Å². The van der Waals surface area contributed by atoms with Gasteiger partial charge in [-0.2, -0.15) is 0 Å². The van der Waals surface area contributed by atoms with E-state index in [-0.39, 0.29) is 0 Å². The fraction of sp³-hybridized carbons (Fsp3) is 0.538. The average molecular weight is 205 g/mol. The first-order valence-corrected chi connectivity index (χ1v) is 5.62. The summed E-state index contributed by atoms with van der Waals surface area (Å²) in [6.07, 6.45) is 1.10. The van der Waals surface area contributed by atoms with Gasteiger partial charge in [0.05, 0.1) is 12.6 Å². The fourth-order valence-corrected chi connectivity index (χ4v) is 2.20. The van der Waals surface area contributed by atoms with Crippen LogP contribution in [-0.4, -0.2) is 26.3 Å². The van der Waals surface area contributed by atoms with E-state index in [1.165, 1.54) is 16.8 Å². The molecule has 0 radical (unpaired) electrons. The predicted octanol–water partition coefficient (Wildman–Crippen LogP) is 2.39. The Morgan fingerprint density at radius 3 is 2.93 bits per heavy atom. The Labute approximate surface area is 91.9 Å². The van der Waals surface area contributed by atoms with Crippen molar-refractivity contribution < 1.29 is 4.74 Å². The number of hydrogen-bond acceptors (Lipinski definition) is 2. The molecule has 1 atom stereocenters. The Hall–Kier alpha value is -1.02. The summed E-state index contributed by atoms with van der Waals surface area (Å²) in [6.45, 7) is 6.40. The highest BCUT2D eigenvalue weighted by Crippen LogP contribution is 2.34. The van der Waals surface area contributed by atoms with Crippen LogP contribution in [0.3, 0.4) is 0 Å². The number of aryl methyl sites for hydroxylation is 2. The molecule has 15 heavy (non-hydrogen) atoms. The summed E-state index contributed by atoms with van der Waals surface area (Å²) in [6, 6.07) is 7.16. The maximum Gasteiger partial charge on any atom is 0.0699 e. The second-order valence-electron chi connectivity index (χ2n) is 4.20. The molecular formula is C13H19NO. The predicted molar refractivity (Wildman–Crippen MR) is 63.6 cm³/mol. The van der Waals surface area contributed by atoms with Gasteiger partial charge in [-0.25, -0.2) is 0 Å². The summed E-state index contributed by atoms with van der Waals surface area (Å²) < 4.78 is 5.19. The summed E-state index contributed by atoms with van der Waals surface area (Å²) in [5, 5.41) is 0. The van der Waals surface area contributed by atoms with Crippen LogP contribution in [-0.2, 0) is 11.2 Å².